The number of nitrogens with two attached hydrogens (primary N) is 1. The standard InChI is InChI=1S/C6H9N3O2S/c1-8-4(10)2-3-5(11)9-6(7)12-3/h3H,2H2,1H3,(H,8,10)(H2,7,9,11)/t3-/m1/s1. The molecular weight excluding hydrogens is 178 g/mol. The van der Waals surface area contributed by atoms with Crippen LogP contribution >= 0.6 is 11.8 Å². The van der Waals surface area contributed by atoms with Crippen LogP contribution in [0.2, 0.25) is 0 Å². The van der Waals surface area contributed by atoms with Crippen LogP contribution in [0.3, 0.4) is 0 Å². The summed E-state index contributed by atoms with van der Waals surface area (Å²) < 4.78 is 0. The molecule has 1 atom stereocenters. The normalized spacial score (nSPS) is 22.2. The summed E-state index contributed by atoms with van der Waals surface area (Å²) in [6.07, 6.45) is 0.143. The number of amidine groups is 1. The van der Waals surface area contributed by atoms with E-state index in [0.717, 1.165) is 11.8 Å². The number of hydrogen-bond acceptors (Lipinski definition) is 4. The zero-order valence-electron chi connectivity index (χ0n) is 6.53. The van der Waals surface area contributed by atoms with Gasteiger partial charge in [0.25, 0.3) is 5.91 Å². The van der Waals surface area contributed by atoms with Crippen molar-refractivity contribution in [3.63, 3.8) is 0 Å². The summed E-state index contributed by atoms with van der Waals surface area (Å²) in [4.78, 5) is 25.3. The highest BCUT2D eigenvalue weighted by molar-refractivity contribution is 8.15. The summed E-state index contributed by atoms with van der Waals surface area (Å²) in [5, 5.41) is 2.25. The van der Waals surface area contributed by atoms with Gasteiger partial charge in [0.05, 0.1) is 0 Å². The Labute approximate surface area is 73.8 Å². The zero-order valence-corrected chi connectivity index (χ0v) is 7.35. The van der Waals surface area contributed by atoms with E-state index in [1.54, 1.807) is 0 Å². The van der Waals surface area contributed by atoms with Crippen LogP contribution in [0.4, 0.5) is 0 Å². The molecule has 5 nitrogen and oxygen atoms in total. The lowest BCUT2D eigenvalue weighted by Gasteiger charge is -2.03. The Bertz CT molecular complexity index is 251. The maximum atomic E-state index is 11.0. The van der Waals surface area contributed by atoms with Crippen LogP contribution < -0.4 is 11.1 Å². The maximum Gasteiger partial charge on any atom is 0.262 e. The van der Waals surface area contributed by atoms with E-state index in [1.165, 1.54) is 7.05 Å². The largest absolute Gasteiger partial charge is 0.378 e. The quantitative estimate of drug-likeness (QED) is 0.585. The van der Waals surface area contributed by atoms with Crippen molar-refractivity contribution < 1.29 is 9.59 Å². The van der Waals surface area contributed by atoms with Crippen molar-refractivity contribution in [2.75, 3.05) is 7.05 Å². The first-order valence-corrected chi connectivity index (χ1v) is 4.26. The second kappa shape index (κ2) is 3.57. The topological polar surface area (TPSA) is 84.6 Å². The van der Waals surface area contributed by atoms with Crippen molar-refractivity contribution in [2.45, 2.75) is 11.7 Å². The monoisotopic (exact) mass is 187 g/mol. The number of amides is 2. The molecule has 0 spiro atoms. The SMILES string of the molecule is CNC(=O)C[C@H]1SC(N)=NC1=O. The van der Waals surface area contributed by atoms with Crippen LogP contribution in [0.25, 0.3) is 0 Å². The predicted molar refractivity (Wildman–Crippen MR) is 46.7 cm³/mol. The summed E-state index contributed by atoms with van der Waals surface area (Å²) in [5.41, 5.74) is 5.29. The number of hydrogen-bond donors (Lipinski definition) is 2. The Hall–Kier alpha value is -1.04. The first-order chi connectivity index (χ1) is 5.63. The van der Waals surface area contributed by atoms with Gasteiger partial charge in [-0.3, -0.25) is 9.59 Å². The van der Waals surface area contributed by atoms with Crippen LogP contribution in [0.1, 0.15) is 6.42 Å². The van der Waals surface area contributed by atoms with Gasteiger partial charge in [-0.15, -0.1) is 0 Å². The first-order valence-electron chi connectivity index (χ1n) is 3.38. The van der Waals surface area contributed by atoms with E-state index in [1.807, 2.05) is 0 Å². The predicted octanol–water partition coefficient (Wildman–Crippen LogP) is -0.921. The second-order valence-corrected chi connectivity index (χ2v) is 3.50. The van der Waals surface area contributed by atoms with E-state index in [4.69, 9.17) is 5.73 Å². The average Bonchev–Trinajstić information content (AvgIpc) is 2.30. The Morgan fingerprint density at radius 2 is 2.50 bits per heavy atom. The van der Waals surface area contributed by atoms with E-state index in [0.29, 0.717) is 0 Å². The molecule has 66 valence electrons. The Kier molecular flexibility index (Phi) is 2.69. The van der Waals surface area contributed by atoms with E-state index >= 15 is 0 Å². The van der Waals surface area contributed by atoms with Gasteiger partial charge >= 0.3 is 0 Å². The van der Waals surface area contributed by atoms with Crippen LogP contribution in [-0.4, -0.2) is 29.3 Å². The zero-order chi connectivity index (χ0) is 9.14. The molecule has 1 heterocycles. The van der Waals surface area contributed by atoms with Crippen LogP contribution in [0.5, 0.6) is 0 Å². The Balaban J connectivity index is 2.47. The lowest BCUT2D eigenvalue weighted by molar-refractivity contribution is -0.124. The van der Waals surface area contributed by atoms with Crippen LogP contribution in [-0.2, 0) is 9.59 Å². The molecule has 1 rings (SSSR count). The summed E-state index contributed by atoms with van der Waals surface area (Å²) in [7, 11) is 1.52. The lowest BCUT2D eigenvalue weighted by Crippen LogP contribution is -2.25. The summed E-state index contributed by atoms with van der Waals surface area (Å²) >= 11 is 1.13. The number of carbonyl (C=O) groups excluding carboxylic acids is 2. The summed E-state index contributed by atoms with van der Waals surface area (Å²) in [6, 6.07) is 0. The molecule has 0 aliphatic carbocycles. The smallest absolute Gasteiger partial charge is 0.262 e. The summed E-state index contributed by atoms with van der Waals surface area (Å²) in [5.74, 6) is -0.494. The van der Waals surface area contributed by atoms with Crippen molar-refractivity contribution >= 4 is 28.7 Å². The fourth-order valence-electron chi connectivity index (χ4n) is 0.803. The third-order valence-corrected chi connectivity index (χ3v) is 2.39. The molecule has 0 bridgehead atoms. The molecule has 1 aliphatic heterocycles. The molecule has 6 heteroatoms. The van der Waals surface area contributed by atoms with Gasteiger partial charge in [0.15, 0.2) is 5.17 Å². The maximum absolute atomic E-state index is 11.0. The number of nitrogens with zero attached hydrogens (tertiary/aromatic N) is 1. The van der Waals surface area contributed by atoms with Gasteiger partial charge < -0.3 is 11.1 Å². The van der Waals surface area contributed by atoms with E-state index < -0.39 is 5.25 Å². The Morgan fingerprint density at radius 1 is 1.83 bits per heavy atom. The first kappa shape index (κ1) is 9.05. The molecule has 0 saturated carbocycles. The van der Waals surface area contributed by atoms with Crippen molar-refractivity contribution in [3.05, 3.63) is 0 Å². The van der Waals surface area contributed by atoms with Gasteiger partial charge in [-0.1, -0.05) is 11.8 Å². The fourth-order valence-corrected chi connectivity index (χ4v) is 1.62. The molecule has 0 aromatic rings. The Morgan fingerprint density at radius 3 is 2.92 bits per heavy atom. The van der Waals surface area contributed by atoms with Gasteiger partial charge in [-0.25, -0.2) is 0 Å². The minimum Gasteiger partial charge on any atom is -0.378 e. The van der Waals surface area contributed by atoms with Gasteiger partial charge in [0, 0.05) is 13.5 Å². The molecule has 1 aliphatic rings. The van der Waals surface area contributed by atoms with E-state index in [9.17, 15) is 9.59 Å². The van der Waals surface area contributed by atoms with E-state index in [2.05, 4.69) is 10.3 Å². The lowest BCUT2D eigenvalue weighted by atomic mass is 10.3. The molecule has 3 N–H and O–H groups in total. The highest BCUT2D eigenvalue weighted by atomic mass is 32.2. The van der Waals surface area contributed by atoms with Crippen LogP contribution in [0.15, 0.2) is 4.99 Å². The molecule has 0 fully saturated rings. The average molecular weight is 187 g/mol. The fraction of sp³-hybridized carbons (Fsp3) is 0.500. The van der Waals surface area contributed by atoms with Crippen molar-refractivity contribution in [1.29, 1.82) is 0 Å². The number of thioether (sulfide) groups is 1. The highest BCUT2D eigenvalue weighted by Gasteiger charge is 2.28. The van der Waals surface area contributed by atoms with Crippen LogP contribution in [0, 0.1) is 0 Å². The molecule has 12 heavy (non-hydrogen) atoms. The molecule has 2 amide bonds. The van der Waals surface area contributed by atoms with Crippen molar-refractivity contribution in [2.24, 2.45) is 10.7 Å². The molecule has 0 unspecified atom stereocenters. The van der Waals surface area contributed by atoms with Gasteiger partial charge in [0.2, 0.25) is 5.91 Å². The number of aliphatic imine (C=N–C) groups is 1. The third kappa shape index (κ3) is 1.97. The highest BCUT2D eigenvalue weighted by Crippen LogP contribution is 2.22. The minimum atomic E-state index is -0.426. The summed E-state index contributed by atoms with van der Waals surface area (Å²) in [6.45, 7) is 0. The molecule has 0 aromatic heterocycles. The molecule has 0 radical (unpaired) electrons. The number of carbonyl (C=O) groups is 2. The molecule has 0 aromatic carbocycles. The molecule has 0 saturated heterocycles. The van der Waals surface area contributed by atoms with Crippen molar-refractivity contribution in [3.8, 4) is 0 Å². The van der Waals surface area contributed by atoms with Crippen molar-refractivity contribution in [1.82, 2.24) is 5.32 Å². The van der Waals surface area contributed by atoms with E-state index in [-0.39, 0.29) is 23.4 Å². The van der Waals surface area contributed by atoms with Gasteiger partial charge in [0.1, 0.15) is 5.25 Å². The number of nitrogens with one attached hydrogen (secondary N) is 1. The second-order valence-electron chi connectivity index (χ2n) is 2.27. The third-order valence-electron chi connectivity index (χ3n) is 1.41. The minimum absolute atomic E-state index is 0.143. The van der Waals surface area contributed by atoms with Gasteiger partial charge in [-0.2, -0.15) is 4.99 Å². The number of rotatable bonds is 2. The molecular formula is C6H9N3O2S. The van der Waals surface area contributed by atoms with Gasteiger partial charge in [-0.05, 0) is 0 Å².